The summed E-state index contributed by atoms with van der Waals surface area (Å²) in [6.07, 6.45) is 3.43. The van der Waals surface area contributed by atoms with Gasteiger partial charge < -0.3 is 16.0 Å². The van der Waals surface area contributed by atoms with Gasteiger partial charge in [0.2, 0.25) is 0 Å². The van der Waals surface area contributed by atoms with Crippen molar-refractivity contribution in [1.29, 1.82) is 0 Å². The van der Waals surface area contributed by atoms with Crippen molar-refractivity contribution in [3.8, 4) is 0 Å². The molecule has 0 unspecified atom stereocenters. The van der Waals surface area contributed by atoms with Crippen molar-refractivity contribution >= 4 is 34.5 Å². The molecule has 3 rings (SSSR count). The van der Waals surface area contributed by atoms with E-state index in [1.165, 1.54) is 0 Å². The molecule has 0 spiro atoms. The lowest BCUT2D eigenvalue weighted by Crippen LogP contribution is -2.24. The van der Waals surface area contributed by atoms with Crippen LogP contribution in [0.25, 0.3) is 5.57 Å². The van der Waals surface area contributed by atoms with Crippen molar-refractivity contribution < 1.29 is 4.79 Å². The van der Waals surface area contributed by atoms with Crippen LogP contribution in [0, 0.1) is 0 Å². The van der Waals surface area contributed by atoms with E-state index in [-0.39, 0.29) is 5.91 Å². The number of nitrogens with zero attached hydrogens (tertiary/aromatic N) is 2. The molecule has 0 aliphatic carbocycles. The molecule has 0 fully saturated rings. The van der Waals surface area contributed by atoms with Crippen LogP contribution in [0.2, 0.25) is 0 Å². The van der Waals surface area contributed by atoms with Crippen LogP contribution in [-0.4, -0.2) is 34.7 Å². The van der Waals surface area contributed by atoms with Crippen LogP contribution in [-0.2, 0) is 6.54 Å². The standard InChI is InChI=1S/C19H22N6OS/c1-4-21-19(26)14-6-5-9-22-18(14)23-10-13-7-8-16(27-13)12(2)15-11-24-25-17(15)20-3/h5-9,11H,2,4,10H2,1,3H3,(H,21,26)(H,22,23)(H2,20,24,25). The molecule has 0 saturated carbocycles. The van der Waals surface area contributed by atoms with E-state index in [1.54, 1.807) is 35.9 Å². The average molecular weight is 382 g/mol. The monoisotopic (exact) mass is 382 g/mol. The number of aromatic amines is 1. The number of nitrogens with one attached hydrogen (secondary N) is 4. The molecule has 8 heteroatoms. The molecular weight excluding hydrogens is 360 g/mol. The normalized spacial score (nSPS) is 10.4. The Morgan fingerprint density at radius 2 is 2.15 bits per heavy atom. The van der Waals surface area contributed by atoms with Crippen molar-refractivity contribution in [2.45, 2.75) is 13.5 Å². The third-order valence-corrected chi connectivity index (χ3v) is 5.14. The highest BCUT2D eigenvalue weighted by molar-refractivity contribution is 7.13. The maximum absolute atomic E-state index is 12.1. The number of H-pyrrole nitrogens is 1. The zero-order chi connectivity index (χ0) is 19.2. The zero-order valence-electron chi connectivity index (χ0n) is 15.3. The van der Waals surface area contributed by atoms with Crippen molar-refractivity contribution in [1.82, 2.24) is 20.5 Å². The van der Waals surface area contributed by atoms with Gasteiger partial charge in [-0.25, -0.2) is 4.98 Å². The summed E-state index contributed by atoms with van der Waals surface area (Å²) < 4.78 is 0. The van der Waals surface area contributed by atoms with Gasteiger partial charge in [-0.2, -0.15) is 5.10 Å². The lowest BCUT2D eigenvalue weighted by molar-refractivity contribution is 0.0956. The van der Waals surface area contributed by atoms with E-state index in [9.17, 15) is 4.79 Å². The predicted molar refractivity (Wildman–Crippen MR) is 110 cm³/mol. The number of amides is 1. The summed E-state index contributed by atoms with van der Waals surface area (Å²) in [4.78, 5) is 18.6. The summed E-state index contributed by atoms with van der Waals surface area (Å²) in [6.45, 7) is 7.23. The number of aromatic nitrogens is 3. The second-order valence-electron chi connectivity index (χ2n) is 5.77. The number of anilines is 2. The van der Waals surface area contributed by atoms with E-state index < -0.39 is 0 Å². The molecule has 0 radical (unpaired) electrons. The zero-order valence-corrected chi connectivity index (χ0v) is 16.1. The molecule has 3 aromatic rings. The van der Waals surface area contributed by atoms with Crippen molar-refractivity contribution in [2.75, 3.05) is 24.2 Å². The van der Waals surface area contributed by atoms with Crippen LogP contribution in [0.1, 0.15) is 32.6 Å². The highest BCUT2D eigenvalue weighted by atomic mass is 32.1. The van der Waals surface area contributed by atoms with Crippen LogP contribution in [0.15, 0.2) is 43.2 Å². The van der Waals surface area contributed by atoms with Crippen molar-refractivity contribution in [3.63, 3.8) is 0 Å². The van der Waals surface area contributed by atoms with E-state index in [4.69, 9.17) is 0 Å². The van der Waals surface area contributed by atoms with Crippen LogP contribution < -0.4 is 16.0 Å². The van der Waals surface area contributed by atoms with E-state index in [0.717, 1.165) is 26.7 Å². The topological polar surface area (TPSA) is 94.7 Å². The van der Waals surface area contributed by atoms with Crippen molar-refractivity contribution in [2.24, 2.45) is 0 Å². The summed E-state index contributed by atoms with van der Waals surface area (Å²) in [6, 6.07) is 7.61. The second kappa shape index (κ2) is 8.50. The molecule has 3 heterocycles. The summed E-state index contributed by atoms with van der Waals surface area (Å²) in [7, 11) is 1.84. The fourth-order valence-corrected chi connectivity index (χ4v) is 3.56. The van der Waals surface area contributed by atoms with Gasteiger partial charge in [0, 0.05) is 35.1 Å². The van der Waals surface area contributed by atoms with Crippen LogP contribution in [0.3, 0.4) is 0 Å². The molecule has 0 atom stereocenters. The Morgan fingerprint density at radius 1 is 1.30 bits per heavy atom. The maximum atomic E-state index is 12.1. The highest BCUT2D eigenvalue weighted by Gasteiger charge is 2.13. The molecule has 0 aliphatic heterocycles. The molecule has 3 aromatic heterocycles. The number of rotatable bonds is 8. The quantitative estimate of drug-likeness (QED) is 0.479. The SMILES string of the molecule is C=C(c1ccc(CNc2ncccc2C(=O)NCC)s1)c1cn[nH]c1NC. The second-order valence-corrected chi connectivity index (χ2v) is 6.93. The Labute approximate surface area is 161 Å². The van der Waals surface area contributed by atoms with E-state index in [0.29, 0.717) is 24.5 Å². The summed E-state index contributed by atoms with van der Waals surface area (Å²) in [5.74, 6) is 1.28. The highest BCUT2D eigenvalue weighted by Crippen LogP contribution is 2.31. The van der Waals surface area contributed by atoms with Gasteiger partial charge in [0.1, 0.15) is 11.6 Å². The number of thiophene rings is 1. The Balaban J connectivity index is 1.71. The predicted octanol–water partition coefficient (Wildman–Crippen LogP) is 3.33. The number of hydrogen-bond acceptors (Lipinski definition) is 6. The number of carbonyl (C=O) groups is 1. The first-order valence-corrected chi connectivity index (χ1v) is 9.42. The van der Waals surface area contributed by atoms with Gasteiger partial charge in [-0.1, -0.05) is 6.58 Å². The number of hydrogen-bond donors (Lipinski definition) is 4. The molecule has 4 N–H and O–H groups in total. The third kappa shape index (κ3) is 4.17. The first kappa shape index (κ1) is 18.7. The molecule has 0 saturated heterocycles. The van der Waals surface area contributed by atoms with Gasteiger partial charge in [-0.15, -0.1) is 11.3 Å². The van der Waals surface area contributed by atoms with Gasteiger partial charge in [0.25, 0.3) is 5.91 Å². The molecule has 7 nitrogen and oxygen atoms in total. The molecule has 140 valence electrons. The Bertz CT molecular complexity index is 945. The van der Waals surface area contributed by atoms with E-state index >= 15 is 0 Å². The minimum absolute atomic E-state index is 0.132. The van der Waals surface area contributed by atoms with Crippen molar-refractivity contribution in [3.05, 3.63) is 64.1 Å². The Hall–Kier alpha value is -3.13. The minimum Gasteiger partial charge on any atom is -0.373 e. The summed E-state index contributed by atoms with van der Waals surface area (Å²) >= 11 is 1.64. The van der Waals surface area contributed by atoms with Gasteiger partial charge in [-0.3, -0.25) is 9.89 Å². The molecule has 0 aromatic carbocycles. The summed E-state index contributed by atoms with van der Waals surface area (Å²) in [5.41, 5.74) is 2.39. The lowest BCUT2D eigenvalue weighted by Gasteiger charge is -2.09. The fraction of sp³-hybridized carbons (Fsp3) is 0.211. The first-order chi connectivity index (χ1) is 13.1. The number of pyridine rings is 1. The maximum Gasteiger partial charge on any atom is 0.255 e. The van der Waals surface area contributed by atoms with E-state index in [2.05, 4.69) is 37.7 Å². The largest absolute Gasteiger partial charge is 0.373 e. The average Bonchev–Trinajstić information content (AvgIpc) is 3.35. The Kier molecular flexibility index (Phi) is 5.87. The van der Waals surface area contributed by atoms with Gasteiger partial charge in [-0.05, 0) is 36.8 Å². The fourth-order valence-electron chi connectivity index (χ4n) is 2.63. The minimum atomic E-state index is -0.132. The molecule has 0 bridgehead atoms. The van der Waals surface area contributed by atoms with Crippen LogP contribution >= 0.6 is 11.3 Å². The van der Waals surface area contributed by atoms with Crippen LogP contribution in [0.4, 0.5) is 11.6 Å². The summed E-state index contributed by atoms with van der Waals surface area (Å²) in [5, 5.41) is 16.1. The molecular formula is C19H22N6OS. The number of carbonyl (C=O) groups excluding carboxylic acids is 1. The third-order valence-electron chi connectivity index (χ3n) is 3.99. The van der Waals surface area contributed by atoms with E-state index in [1.807, 2.05) is 26.1 Å². The lowest BCUT2D eigenvalue weighted by atomic mass is 10.1. The molecule has 0 aliphatic rings. The molecule has 1 amide bonds. The van der Waals surface area contributed by atoms with Crippen LogP contribution in [0.5, 0.6) is 0 Å². The van der Waals surface area contributed by atoms with Gasteiger partial charge in [0.05, 0.1) is 18.3 Å². The van der Waals surface area contributed by atoms with Gasteiger partial charge >= 0.3 is 0 Å². The smallest absolute Gasteiger partial charge is 0.255 e. The molecule has 27 heavy (non-hydrogen) atoms. The van der Waals surface area contributed by atoms with Gasteiger partial charge in [0.15, 0.2) is 0 Å². The first-order valence-electron chi connectivity index (χ1n) is 8.60. The Morgan fingerprint density at radius 3 is 2.93 bits per heavy atom.